The molecule has 1 amide bonds. The summed E-state index contributed by atoms with van der Waals surface area (Å²) >= 11 is 0. The van der Waals surface area contributed by atoms with Crippen molar-refractivity contribution < 1.29 is 14.3 Å². The van der Waals surface area contributed by atoms with Gasteiger partial charge < -0.3 is 29.1 Å². The van der Waals surface area contributed by atoms with Crippen molar-refractivity contribution in [2.24, 2.45) is 0 Å². The van der Waals surface area contributed by atoms with Gasteiger partial charge in [0.15, 0.2) is 0 Å². The molecule has 0 N–H and O–H groups in total. The van der Waals surface area contributed by atoms with E-state index in [1.165, 1.54) is 28.4 Å². The van der Waals surface area contributed by atoms with Gasteiger partial charge >= 0.3 is 12.1 Å². The second-order valence-electron chi connectivity index (χ2n) is 13.2. The van der Waals surface area contributed by atoms with Gasteiger partial charge in [-0.3, -0.25) is 0 Å². The summed E-state index contributed by atoms with van der Waals surface area (Å²) in [6.45, 7) is 6.94. The molecule has 0 spiro atoms. The van der Waals surface area contributed by atoms with Gasteiger partial charge in [0.05, 0.1) is 30.8 Å². The predicted octanol–water partition coefficient (Wildman–Crippen LogP) is 5.72. The number of carbonyl (C=O) groups is 1. The van der Waals surface area contributed by atoms with Crippen LogP contribution in [0.25, 0.3) is 10.8 Å². The lowest BCUT2D eigenvalue weighted by Gasteiger charge is -2.42. The summed E-state index contributed by atoms with van der Waals surface area (Å²) in [5.74, 6) is 0.851. The van der Waals surface area contributed by atoms with E-state index in [1.54, 1.807) is 4.90 Å². The topological polar surface area (TPSA) is 98.1 Å². The Balaban J connectivity index is 1.16. The number of hydrogen-bond acceptors (Lipinski definition) is 9. The van der Waals surface area contributed by atoms with Gasteiger partial charge in [0.25, 0.3) is 0 Å². The molecular weight excluding hydrogens is 602 g/mol. The lowest BCUT2D eigenvalue weighted by atomic mass is 9.99. The maximum absolute atomic E-state index is 13.2. The summed E-state index contributed by atoms with van der Waals surface area (Å²) < 4.78 is 12.0. The van der Waals surface area contributed by atoms with Crippen molar-refractivity contribution in [3.05, 3.63) is 89.1 Å². The van der Waals surface area contributed by atoms with Gasteiger partial charge in [-0.25, -0.2) is 4.79 Å². The molecule has 0 radical (unpaired) electrons. The molecule has 10 nitrogen and oxygen atoms in total. The lowest BCUT2D eigenvalue weighted by Crippen LogP contribution is -2.55. The van der Waals surface area contributed by atoms with Crippen LogP contribution in [0.5, 0.6) is 6.01 Å². The number of hydrogen-bond donors (Lipinski definition) is 0. The minimum Gasteiger partial charge on any atom is -0.462 e. The van der Waals surface area contributed by atoms with Crippen molar-refractivity contribution >= 4 is 28.4 Å². The van der Waals surface area contributed by atoms with Crippen LogP contribution in [0.4, 0.5) is 16.3 Å². The molecule has 2 saturated heterocycles. The van der Waals surface area contributed by atoms with Crippen molar-refractivity contribution in [1.29, 1.82) is 5.26 Å². The zero-order valence-electron chi connectivity index (χ0n) is 27.8. The summed E-state index contributed by atoms with van der Waals surface area (Å²) in [4.78, 5) is 32.0. The summed E-state index contributed by atoms with van der Waals surface area (Å²) in [6, 6.07) is 25.3. The van der Waals surface area contributed by atoms with Gasteiger partial charge in [-0.15, -0.1) is 0 Å². The van der Waals surface area contributed by atoms with Crippen LogP contribution < -0.4 is 14.5 Å². The molecule has 3 aliphatic rings. The van der Waals surface area contributed by atoms with Crippen LogP contribution in [0, 0.1) is 18.3 Å². The number of carbonyl (C=O) groups excluding carboxylic acids is 1. The highest BCUT2D eigenvalue weighted by atomic mass is 16.6. The molecule has 3 aromatic carbocycles. The third-order valence-electron chi connectivity index (χ3n) is 10.1. The molecule has 248 valence electrons. The quantitative estimate of drug-likeness (QED) is 0.239. The number of amides is 1. The van der Waals surface area contributed by atoms with E-state index in [0.717, 1.165) is 48.6 Å². The van der Waals surface area contributed by atoms with Crippen molar-refractivity contribution in [2.75, 3.05) is 56.2 Å². The zero-order chi connectivity index (χ0) is 33.0. The first-order valence-corrected chi connectivity index (χ1v) is 17.0. The van der Waals surface area contributed by atoms with Gasteiger partial charge in [0.1, 0.15) is 19.0 Å². The molecule has 2 fully saturated rings. The number of fused-ring (bicyclic) bond motifs is 2. The van der Waals surface area contributed by atoms with Crippen LogP contribution in [-0.4, -0.2) is 84.3 Å². The normalized spacial score (nSPS) is 19.6. The molecular formula is C38H43N7O3. The number of piperazine rings is 1. The zero-order valence-corrected chi connectivity index (χ0v) is 27.8. The Morgan fingerprint density at radius 3 is 2.58 bits per heavy atom. The largest absolute Gasteiger partial charge is 0.462 e. The maximum atomic E-state index is 13.2. The maximum Gasteiger partial charge on any atom is 0.410 e. The standard InChI is InChI=1S/C38H43N7O3/c1-27-9-6-12-29-13-7-15-34(35(27)29)43-20-17-32-33(24-43)40-37(47-26-31-14-8-19-42(31)2)41-36(32)44-21-22-45(30(23-44)16-18-39)38(46)48-25-28-10-4-3-5-11-28/h3-7,9-13,15,30-31H,8,14,16-17,19-26H2,1-2H3/t30-,31-/m0/s1. The first kappa shape index (κ1) is 31.7. The molecule has 1 aromatic heterocycles. The van der Waals surface area contributed by atoms with E-state index in [2.05, 4.69) is 71.1 Å². The highest BCUT2D eigenvalue weighted by Gasteiger charge is 2.35. The molecule has 4 heterocycles. The molecule has 3 aliphatic heterocycles. The average molecular weight is 646 g/mol. The average Bonchev–Trinajstić information content (AvgIpc) is 3.53. The minimum absolute atomic E-state index is 0.197. The van der Waals surface area contributed by atoms with Crippen molar-refractivity contribution in [1.82, 2.24) is 19.8 Å². The van der Waals surface area contributed by atoms with Crippen LogP contribution in [0.15, 0.2) is 66.7 Å². The van der Waals surface area contributed by atoms with Crippen molar-refractivity contribution in [3.8, 4) is 12.1 Å². The smallest absolute Gasteiger partial charge is 0.410 e. The number of rotatable bonds is 8. The first-order chi connectivity index (χ1) is 23.5. The summed E-state index contributed by atoms with van der Waals surface area (Å²) in [5.41, 5.74) is 5.48. The lowest BCUT2D eigenvalue weighted by molar-refractivity contribution is 0.0767. The number of anilines is 2. The van der Waals surface area contributed by atoms with E-state index in [1.807, 2.05) is 30.3 Å². The number of likely N-dealkylation sites (N-methyl/N-ethyl adjacent to an activating group) is 1. The van der Waals surface area contributed by atoms with Crippen LogP contribution in [-0.2, 0) is 24.3 Å². The van der Waals surface area contributed by atoms with Gasteiger partial charge in [-0.05, 0) is 62.4 Å². The molecule has 0 bridgehead atoms. The predicted molar refractivity (Wildman–Crippen MR) is 186 cm³/mol. The Morgan fingerprint density at radius 1 is 0.958 bits per heavy atom. The number of aryl methyl sites for hydroxylation is 1. The van der Waals surface area contributed by atoms with Crippen LogP contribution in [0.1, 0.15) is 41.6 Å². The van der Waals surface area contributed by atoms with Crippen LogP contribution in [0.2, 0.25) is 0 Å². The van der Waals surface area contributed by atoms with E-state index in [9.17, 15) is 10.1 Å². The molecule has 4 aromatic rings. The van der Waals surface area contributed by atoms with Gasteiger partial charge in [-0.1, -0.05) is 60.7 Å². The Labute approximate surface area is 282 Å². The number of nitriles is 1. The van der Waals surface area contributed by atoms with Crippen LogP contribution in [0.3, 0.4) is 0 Å². The van der Waals surface area contributed by atoms with Gasteiger partial charge in [0.2, 0.25) is 0 Å². The number of benzene rings is 3. The molecule has 48 heavy (non-hydrogen) atoms. The summed E-state index contributed by atoms with van der Waals surface area (Å²) in [7, 11) is 2.14. The van der Waals surface area contributed by atoms with E-state index >= 15 is 0 Å². The fraction of sp³-hybridized carbons (Fsp3) is 0.421. The minimum atomic E-state index is -0.394. The van der Waals surface area contributed by atoms with E-state index in [-0.39, 0.29) is 19.1 Å². The number of ether oxygens (including phenoxy) is 2. The fourth-order valence-corrected chi connectivity index (χ4v) is 7.42. The third-order valence-corrected chi connectivity index (χ3v) is 10.1. The molecule has 0 saturated carbocycles. The highest BCUT2D eigenvalue weighted by molar-refractivity contribution is 5.97. The van der Waals surface area contributed by atoms with E-state index in [0.29, 0.717) is 44.8 Å². The van der Waals surface area contributed by atoms with Gasteiger partial charge in [-0.2, -0.15) is 15.2 Å². The van der Waals surface area contributed by atoms with Crippen molar-refractivity contribution in [3.63, 3.8) is 0 Å². The third kappa shape index (κ3) is 6.60. The molecule has 7 rings (SSSR count). The molecule has 0 aliphatic carbocycles. The van der Waals surface area contributed by atoms with Gasteiger partial charge in [0, 0.05) is 48.9 Å². The number of likely N-dealkylation sites (tertiary alicyclic amines) is 1. The van der Waals surface area contributed by atoms with Crippen LogP contribution >= 0.6 is 0 Å². The van der Waals surface area contributed by atoms with Crippen molar-refractivity contribution in [2.45, 2.75) is 57.8 Å². The molecule has 2 atom stereocenters. The highest BCUT2D eigenvalue weighted by Crippen LogP contribution is 2.36. The second kappa shape index (κ2) is 14.1. The molecule has 0 unspecified atom stereocenters. The Bertz CT molecular complexity index is 1800. The summed E-state index contributed by atoms with van der Waals surface area (Å²) in [5, 5.41) is 12.2. The number of nitrogens with zero attached hydrogens (tertiary/aromatic N) is 7. The molecule has 10 heteroatoms. The monoisotopic (exact) mass is 645 g/mol. The number of aromatic nitrogens is 2. The Morgan fingerprint density at radius 2 is 1.79 bits per heavy atom. The Kier molecular flexibility index (Phi) is 9.30. The second-order valence-corrected chi connectivity index (χ2v) is 13.2. The first-order valence-electron chi connectivity index (χ1n) is 17.0. The SMILES string of the molecule is Cc1cccc2cccc(N3CCc4c(nc(OC[C@@H]5CCCN5C)nc4N4CCN(C(=O)OCc5ccccc5)[C@@H](CC#N)C4)C3)c12. The Hall–Kier alpha value is -4.88. The van der Waals surface area contributed by atoms with E-state index < -0.39 is 6.09 Å². The fourth-order valence-electron chi connectivity index (χ4n) is 7.42. The van der Waals surface area contributed by atoms with E-state index in [4.69, 9.17) is 19.4 Å². The summed E-state index contributed by atoms with van der Waals surface area (Å²) in [6.07, 6.45) is 2.85.